The van der Waals surface area contributed by atoms with Crippen molar-refractivity contribution >= 4 is 23.6 Å². The van der Waals surface area contributed by atoms with Crippen molar-refractivity contribution in [1.82, 2.24) is 0 Å². The van der Waals surface area contributed by atoms with Gasteiger partial charge in [0.15, 0.2) is 12.2 Å². The van der Waals surface area contributed by atoms with E-state index in [0.717, 1.165) is 0 Å². The first-order chi connectivity index (χ1) is 7.45. The molecule has 16 heavy (non-hydrogen) atoms. The number of nitrogens with two attached hydrogens (primary N) is 2. The number of hydrogen-bond acceptors (Lipinski definition) is 6. The first-order valence-corrected chi connectivity index (χ1v) is 4.05. The second-order valence-corrected chi connectivity index (χ2v) is 2.76. The van der Waals surface area contributed by atoms with Crippen molar-refractivity contribution < 1.29 is 19.8 Å². The maximum absolute atomic E-state index is 10.5. The van der Waals surface area contributed by atoms with Gasteiger partial charge in [-0.3, -0.25) is 10.0 Å². The Hall–Kier alpha value is -2.32. The van der Waals surface area contributed by atoms with E-state index in [9.17, 15) is 19.8 Å². The van der Waals surface area contributed by atoms with Gasteiger partial charge in [-0.2, -0.15) is 0 Å². The van der Waals surface area contributed by atoms with Gasteiger partial charge in [-0.25, -0.2) is 11.7 Å². The number of rotatable bonds is 2. The van der Waals surface area contributed by atoms with Crippen molar-refractivity contribution in [2.75, 3.05) is 10.0 Å². The van der Waals surface area contributed by atoms with Gasteiger partial charge >= 0.3 is 0 Å². The molecule has 0 bridgehead atoms. The third-order valence-corrected chi connectivity index (χ3v) is 1.79. The summed E-state index contributed by atoms with van der Waals surface area (Å²) in [4.78, 5) is 21.0. The summed E-state index contributed by atoms with van der Waals surface area (Å²) in [6.45, 7) is 0. The van der Waals surface area contributed by atoms with Crippen LogP contribution >= 0.6 is 0 Å². The SMILES string of the molecule is NN(C(=O)[O-])c1ccccc1N(N)C(=O)[O-]. The third-order valence-electron chi connectivity index (χ3n) is 1.79. The van der Waals surface area contributed by atoms with Crippen LogP contribution < -0.4 is 31.9 Å². The third kappa shape index (κ3) is 2.19. The normalized spacial score (nSPS) is 9.62. The lowest BCUT2D eigenvalue weighted by Gasteiger charge is -2.26. The molecule has 0 aromatic heterocycles. The summed E-state index contributed by atoms with van der Waals surface area (Å²) in [6, 6.07) is 5.47. The van der Waals surface area contributed by atoms with Crippen molar-refractivity contribution in [3.8, 4) is 0 Å². The number of carbonyl (C=O) groups excluding carboxylic acids is 2. The van der Waals surface area contributed by atoms with E-state index in [1.807, 2.05) is 0 Å². The number of hydrogen-bond donors (Lipinski definition) is 2. The van der Waals surface area contributed by atoms with Crippen molar-refractivity contribution in [3.05, 3.63) is 24.3 Å². The average molecular weight is 224 g/mol. The first kappa shape index (κ1) is 11.8. The van der Waals surface area contributed by atoms with Gasteiger partial charge < -0.3 is 19.8 Å². The van der Waals surface area contributed by atoms with Crippen LogP contribution in [0.4, 0.5) is 21.0 Å². The molecule has 0 atom stereocenters. The minimum atomic E-state index is -1.70. The Kier molecular flexibility index (Phi) is 3.28. The number of nitrogens with zero attached hydrogens (tertiary/aromatic N) is 2. The van der Waals surface area contributed by atoms with Crippen LogP contribution in [0.1, 0.15) is 0 Å². The Morgan fingerprint density at radius 1 is 0.938 bits per heavy atom. The maximum atomic E-state index is 10.5. The van der Waals surface area contributed by atoms with E-state index >= 15 is 0 Å². The van der Waals surface area contributed by atoms with E-state index in [1.165, 1.54) is 24.3 Å². The zero-order chi connectivity index (χ0) is 12.3. The zero-order valence-electron chi connectivity index (χ0n) is 7.99. The fourth-order valence-corrected chi connectivity index (χ4v) is 1.07. The topological polar surface area (TPSA) is 139 Å². The highest BCUT2D eigenvalue weighted by Crippen LogP contribution is 2.25. The zero-order valence-corrected chi connectivity index (χ0v) is 7.99. The van der Waals surface area contributed by atoms with Gasteiger partial charge in [0.25, 0.3) is 0 Å². The molecule has 1 aromatic rings. The van der Waals surface area contributed by atoms with Crippen LogP contribution in [0.25, 0.3) is 0 Å². The average Bonchev–Trinajstić information content (AvgIpc) is 2.26. The van der Waals surface area contributed by atoms with Crippen molar-refractivity contribution in [3.63, 3.8) is 0 Å². The predicted molar refractivity (Wildman–Crippen MR) is 50.6 cm³/mol. The van der Waals surface area contributed by atoms with Gasteiger partial charge in [-0.05, 0) is 12.1 Å². The summed E-state index contributed by atoms with van der Waals surface area (Å²) >= 11 is 0. The van der Waals surface area contributed by atoms with Crippen molar-refractivity contribution in [1.29, 1.82) is 0 Å². The lowest BCUT2D eigenvalue weighted by atomic mass is 10.2. The molecule has 0 heterocycles. The minimum Gasteiger partial charge on any atom is -0.529 e. The Balaban J connectivity index is 3.19. The molecule has 8 heteroatoms. The van der Waals surface area contributed by atoms with E-state index in [4.69, 9.17) is 11.7 Å². The lowest BCUT2D eigenvalue weighted by molar-refractivity contribution is -0.248. The summed E-state index contributed by atoms with van der Waals surface area (Å²) in [5, 5.41) is 21.5. The monoisotopic (exact) mass is 224 g/mol. The molecule has 1 rings (SSSR count). The molecule has 0 saturated heterocycles. The van der Waals surface area contributed by atoms with Crippen LogP contribution in [0.3, 0.4) is 0 Å². The quantitative estimate of drug-likeness (QED) is 0.330. The molecule has 86 valence electrons. The molecule has 1 aromatic carbocycles. The van der Waals surface area contributed by atoms with E-state index in [-0.39, 0.29) is 21.4 Å². The number of hydrazine groups is 2. The summed E-state index contributed by atoms with van der Waals surface area (Å²) in [6.07, 6.45) is -3.39. The number of carbonyl (C=O) groups is 2. The second-order valence-electron chi connectivity index (χ2n) is 2.76. The van der Waals surface area contributed by atoms with Gasteiger partial charge in [0, 0.05) is 0 Å². The largest absolute Gasteiger partial charge is 0.529 e. The van der Waals surface area contributed by atoms with Gasteiger partial charge in [-0.1, -0.05) is 12.1 Å². The van der Waals surface area contributed by atoms with Crippen LogP contribution in [0, 0.1) is 0 Å². The minimum absolute atomic E-state index is 0.130. The predicted octanol–water partition coefficient (Wildman–Crippen LogP) is -2.27. The first-order valence-electron chi connectivity index (χ1n) is 4.05. The fraction of sp³-hybridized carbons (Fsp3) is 0. The van der Waals surface area contributed by atoms with Gasteiger partial charge in [0.2, 0.25) is 0 Å². The highest BCUT2D eigenvalue weighted by atomic mass is 16.4. The van der Waals surface area contributed by atoms with E-state index in [0.29, 0.717) is 0 Å². The van der Waals surface area contributed by atoms with Crippen LogP contribution in [0.5, 0.6) is 0 Å². The van der Waals surface area contributed by atoms with Crippen LogP contribution in [-0.2, 0) is 0 Å². The van der Waals surface area contributed by atoms with Crippen LogP contribution in [-0.4, -0.2) is 12.2 Å². The molecule has 0 fully saturated rings. The Labute approximate surface area is 90.2 Å². The number of amides is 2. The Bertz CT molecular complexity index is 383. The summed E-state index contributed by atoms with van der Waals surface area (Å²) in [5.74, 6) is 10.3. The van der Waals surface area contributed by atoms with Crippen LogP contribution in [0.2, 0.25) is 0 Å². The lowest BCUT2D eigenvalue weighted by Crippen LogP contribution is -2.50. The van der Waals surface area contributed by atoms with Gasteiger partial charge in [0.1, 0.15) is 0 Å². The van der Waals surface area contributed by atoms with Crippen molar-refractivity contribution in [2.45, 2.75) is 0 Å². The second kappa shape index (κ2) is 4.47. The standard InChI is InChI=1S/C8H10N4O4/c9-11(7(13)14)5-3-1-2-4-6(5)12(10)8(15)16/h1-4H,9-10H2,(H,13,14)(H,15,16)/p-2. The van der Waals surface area contributed by atoms with Crippen LogP contribution in [0.15, 0.2) is 24.3 Å². The molecule has 0 aliphatic heterocycles. The molecule has 4 N–H and O–H groups in total. The summed E-state index contributed by atoms with van der Waals surface area (Å²) in [5.41, 5.74) is -0.261. The molecular weight excluding hydrogens is 216 g/mol. The summed E-state index contributed by atoms with van der Waals surface area (Å²) < 4.78 is 0. The fourth-order valence-electron chi connectivity index (χ4n) is 1.07. The molecule has 0 spiro atoms. The van der Waals surface area contributed by atoms with E-state index in [2.05, 4.69) is 0 Å². The molecule has 2 amide bonds. The Morgan fingerprint density at radius 2 is 1.25 bits per heavy atom. The number of benzene rings is 1. The van der Waals surface area contributed by atoms with E-state index in [1.54, 1.807) is 0 Å². The number of para-hydroxylation sites is 2. The molecule has 0 saturated carbocycles. The number of carboxylic acid groups (broad SMARTS) is 2. The summed E-state index contributed by atoms with van der Waals surface area (Å²) in [7, 11) is 0. The smallest absolute Gasteiger partial charge is 0.156 e. The van der Waals surface area contributed by atoms with Crippen molar-refractivity contribution in [2.24, 2.45) is 11.7 Å². The van der Waals surface area contributed by atoms with E-state index < -0.39 is 12.2 Å². The highest BCUT2D eigenvalue weighted by molar-refractivity contribution is 5.94. The highest BCUT2D eigenvalue weighted by Gasteiger charge is 2.12. The molecule has 8 nitrogen and oxygen atoms in total. The molecular formula is C8H8N4O4-2. The molecule has 0 unspecified atom stereocenters. The molecule has 0 radical (unpaired) electrons. The van der Waals surface area contributed by atoms with Gasteiger partial charge in [-0.15, -0.1) is 0 Å². The maximum Gasteiger partial charge on any atom is 0.156 e. The number of anilines is 2. The molecule has 0 aliphatic carbocycles. The molecule has 0 aliphatic rings. The Morgan fingerprint density at radius 3 is 1.50 bits per heavy atom. The van der Waals surface area contributed by atoms with Gasteiger partial charge in [0.05, 0.1) is 11.4 Å².